The molecule has 0 amide bonds. The Hall–Kier alpha value is -2.73. The number of aliphatic hydroxyl groups is 2. The second kappa shape index (κ2) is 6.39. The van der Waals surface area contributed by atoms with Gasteiger partial charge in [-0.1, -0.05) is 18.6 Å². The predicted octanol–water partition coefficient (Wildman–Crippen LogP) is 2.75. The first-order valence-corrected chi connectivity index (χ1v) is 9.92. The topological polar surface area (TPSA) is 112 Å². The number of aliphatic hydroxyl groups excluding tert-OH is 1. The SMILES string of the molecule is CCc1ccc(O)c2c1CC1CC3CC(C)=C(C(C)=O)C(=O)C3(O)C(O)=C1C2=O. The number of allylic oxidation sites excluding steroid dienone is 2. The van der Waals surface area contributed by atoms with Crippen molar-refractivity contribution in [2.45, 2.75) is 52.1 Å². The molecule has 3 unspecified atom stereocenters. The molecule has 3 aliphatic rings. The fourth-order valence-corrected chi connectivity index (χ4v) is 5.42. The second-order valence-electron chi connectivity index (χ2n) is 8.39. The van der Waals surface area contributed by atoms with Crippen LogP contribution in [0.1, 0.15) is 55.1 Å². The monoisotopic (exact) mass is 396 g/mol. The molecule has 0 aromatic heterocycles. The maximum absolute atomic E-state index is 13.3. The minimum atomic E-state index is -2.28. The number of hydrogen-bond donors (Lipinski definition) is 3. The Morgan fingerprint density at radius 3 is 2.52 bits per heavy atom. The summed E-state index contributed by atoms with van der Waals surface area (Å²) in [5.41, 5.74) is 0.0550. The standard InChI is InChI=1S/C23H24O6/c1-4-12-5-6-16(25)19-15(12)9-13-8-14-7-10(2)17(11(3)24)21(27)23(14,29)22(28)18(13)20(19)26/h5-6,13-14,25,28-29H,4,7-9H2,1-3H3. The van der Waals surface area contributed by atoms with Gasteiger partial charge in [0, 0.05) is 11.5 Å². The fraction of sp³-hybridized carbons (Fsp3) is 0.435. The smallest absolute Gasteiger partial charge is 0.205 e. The first-order valence-electron chi connectivity index (χ1n) is 9.92. The van der Waals surface area contributed by atoms with Crippen molar-refractivity contribution in [2.75, 3.05) is 0 Å². The van der Waals surface area contributed by atoms with Crippen molar-refractivity contribution in [3.8, 4) is 5.75 Å². The van der Waals surface area contributed by atoms with Gasteiger partial charge in [0.05, 0.1) is 11.1 Å². The van der Waals surface area contributed by atoms with E-state index in [0.717, 1.165) is 11.1 Å². The number of fused-ring (bicyclic) bond motifs is 3. The molecule has 0 aliphatic heterocycles. The maximum Gasteiger partial charge on any atom is 0.205 e. The average molecular weight is 396 g/mol. The predicted molar refractivity (Wildman–Crippen MR) is 105 cm³/mol. The molecule has 6 nitrogen and oxygen atoms in total. The first kappa shape index (κ1) is 19.6. The third-order valence-corrected chi connectivity index (χ3v) is 6.78. The molecule has 29 heavy (non-hydrogen) atoms. The van der Waals surface area contributed by atoms with Crippen LogP contribution < -0.4 is 0 Å². The summed E-state index contributed by atoms with van der Waals surface area (Å²) in [5, 5.41) is 32.6. The van der Waals surface area contributed by atoms with Gasteiger partial charge in [0.25, 0.3) is 0 Å². The third-order valence-electron chi connectivity index (χ3n) is 6.78. The van der Waals surface area contributed by atoms with Gasteiger partial charge in [0.15, 0.2) is 17.2 Å². The van der Waals surface area contributed by atoms with Crippen molar-refractivity contribution in [3.05, 3.63) is 51.3 Å². The molecular formula is C23H24O6. The summed E-state index contributed by atoms with van der Waals surface area (Å²) in [7, 11) is 0. The molecule has 0 fully saturated rings. The number of ketones is 3. The van der Waals surface area contributed by atoms with Gasteiger partial charge in [-0.25, -0.2) is 0 Å². The molecule has 0 heterocycles. The highest BCUT2D eigenvalue weighted by atomic mass is 16.3. The normalized spacial score (nSPS) is 28.8. The van der Waals surface area contributed by atoms with Crippen LogP contribution in [0, 0.1) is 11.8 Å². The summed E-state index contributed by atoms with van der Waals surface area (Å²) >= 11 is 0. The molecule has 0 saturated heterocycles. The number of carbonyl (C=O) groups excluding carboxylic acids is 3. The molecule has 4 rings (SSSR count). The van der Waals surface area contributed by atoms with Gasteiger partial charge in [-0.15, -0.1) is 0 Å². The van der Waals surface area contributed by atoms with Crippen LogP contribution in [0.5, 0.6) is 5.75 Å². The molecule has 0 spiro atoms. The van der Waals surface area contributed by atoms with Gasteiger partial charge in [0.2, 0.25) is 5.78 Å². The lowest BCUT2D eigenvalue weighted by molar-refractivity contribution is -0.143. The third kappa shape index (κ3) is 2.48. The zero-order valence-electron chi connectivity index (χ0n) is 16.7. The van der Waals surface area contributed by atoms with Crippen LogP contribution >= 0.6 is 0 Å². The van der Waals surface area contributed by atoms with Crippen LogP contribution in [0.4, 0.5) is 0 Å². The number of Topliss-reactive ketones (excluding diaryl/α,β-unsaturated/α-hetero) is 3. The number of phenols is 1. The molecule has 0 bridgehead atoms. The van der Waals surface area contributed by atoms with Crippen molar-refractivity contribution in [1.29, 1.82) is 0 Å². The molecule has 0 radical (unpaired) electrons. The molecule has 1 aromatic rings. The number of phenolic OH excluding ortho intramolecular Hbond substituents is 1. The Balaban J connectivity index is 1.92. The Morgan fingerprint density at radius 1 is 1.21 bits per heavy atom. The van der Waals surface area contributed by atoms with E-state index < -0.39 is 34.6 Å². The van der Waals surface area contributed by atoms with Crippen LogP contribution in [-0.4, -0.2) is 38.3 Å². The summed E-state index contributed by atoms with van der Waals surface area (Å²) in [6.07, 6.45) is 1.78. The number of hydrogen-bond acceptors (Lipinski definition) is 6. The van der Waals surface area contributed by atoms with Crippen LogP contribution in [-0.2, 0) is 22.4 Å². The molecular weight excluding hydrogens is 372 g/mol. The summed E-state index contributed by atoms with van der Waals surface area (Å²) in [4.78, 5) is 38.3. The highest BCUT2D eigenvalue weighted by molar-refractivity contribution is 6.25. The van der Waals surface area contributed by atoms with Crippen molar-refractivity contribution < 1.29 is 29.7 Å². The highest BCUT2D eigenvalue weighted by Gasteiger charge is 2.58. The van der Waals surface area contributed by atoms with Crippen molar-refractivity contribution in [2.24, 2.45) is 11.8 Å². The van der Waals surface area contributed by atoms with Gasteiger partial charge in [-0.3, -0.25) is 14.4 Å². The van der Waals surface area contributed by atoms with E-state index >= 15 is 0 Å². The number of carbonyl (C=O) groups is 3. The number of aryl methyl sites for hydroxylation is 1. The van der Waals surface area contributed by atoms with E-state index in [1.807, 2.05) is 6.92 Å². The van der Waals surface area contributed by atoms with Crippen LogP contribution in [0.25, 0.3) is 0 Å². The zero-order valence-corrected chi connectivity index (χ0v) is 16.7. The second-order valence-corrected chi connectivity index (χ2v) is 8.39. The lowest BCUT2D eigenvalue weighted by Crippen LogP contribution is -2.56. The molecule has 6 heteroatoms. The Bertz CT molecular complexity index is 1040. The van der Waals surface area contributed by atoms with Gasteiger partial charge < -0.3 is 15.3 Å². The van der Waals surface area contributed by atoms with Crippen LogP contribution in [0.2, 0.25) is 0 Å². The zero-order chi connectivity index (χ0) is 21.2. The Labute approximate surface area is 168 Å². The number of rotatable bonds is 2. The summed E-state index contributed by atoms with van der Waals surface area (Å²) in [6.45, 7) is 4.92. The largest absolute Gasteiger partial charge is 0.508 e. The van der Waals surface area contributed by atoms with E-state index in [4.69, 9.17) is 0 Å². The van der Waals surface area contributed by atoms with Crippen molar-refractivity contribution >= 4 is 17.3 Å². The summed E-state index contributed by atoms with van der Waals surface area (Å²) in [5.74, 6) is -3.67. The molecule has 1 aromatic carbocycles. The lowest BCUT2D eigenvalue weighted by Gasteiger charge is -2.46. The molecule has 3 aliphatic carbocycles. The number of aromatic hydroxyl groups is 1. The summed E-state index contributed by atoms with van der Waals surface area (Å²) in [6, 6.07) is 3.25. The molecule has 3 atom stereocenters. The maximum atomic E-state index is 13.3. The van der Waals surface area contributed by atoms with Gasteiger partial charge in [-0.2, -0.15) is 0 Å². The Morgan fingerprint density at radius 2 is 1.90 bits per heavy atom. The summed E-state index contributed by atoms with van der Waals surface area (Å²) < 4.78 is 0. The quantitative estimate of drug-likeness (QED) is 0.663. The highest BCUT2D eigenvalue weighted by Crippen LogP contribution is 2.51. The first-order chi connectivity index (χ1) is 13.6. The minimum Gasteiger partial charge on any atom is -0.508 e. The van der Waals surface area contributed by atoms with E-state index in [9.17, 15) is 29.7 Å². The van der Waals surface area contributed by atoms with E-state index in [-0.39, 0.29) is 28.4 Å². The van der Waals surface area contributed by atoms with Crippen molar-refractivity contribution in [3.63, 3.8) is 0 Å². The van der Waals surface area contributed by atoms with Gasteiger partial charge in [0.1, 0.15) is 11.5 Å². The lowest BCUT2D eigenvalue weighted by atomic mass is 9.59. The van der Waals surface area contributed by atoms with Crippen LogP contribution in [0.15, 0.2) is 34.6 Å². The van der Waals surface area contributed by atoms with E-state index in [1.165, 1.54) is 13.0 Å². The molecule has 152 valence electrons. The van der Waals surface area contributed by atoms with Crippen molar-refractivity contribution in [1.82, 2.24) is 0 Å². The van der Waals surface area contributed by atoms with E-state index in [0.29, 0.717) is 31.3 Å². The fourth-order valence-electron chi connectivity index (χ4n) is 5.42. The van der Waals surface area contributed by atoms with E-state index in [1.54, 1.807) is 13.0 Å². The van der Waals surface area contributed by atoms with Gasteiger partial charge >= 0.3 is 0 Å². The molecule has 0 saturated carbocycles. The molecule has 3 N–H and O–H groups in total. The Kier molecular flexibility index (Phi) is 4.31. The van der Waals surface area contributed by atoms with E-state index in [2.05, 4.69) is 0 Å². The number of benzene rings is 1. The van der Waals surface area contributed by atoms with Crippen LogP contribution in [0.3, 0.4) is 0 Å². The minimum absolute atomic E-state index is 0.0180. The average Bonchev–Trinajstić information content (AvgIpc) is 2.64. The van der Waals surface area contributed by atoms with Gasteiger partial charge in [-0.05, 0) is 62.6 Å².